The van der Waals surface area contributed by atoms with Crippen LogP contribution < -0.4 is 10.8 Å². The van der Waals surface area contributed by atoms with Gasteiger partial charge in [-0.3, -0.25) is 0 Å². The molecule has 2 rings (SSSR count). The van der Waals surface area contributed by atoms with Crippen molar-refractivity contribution in [1.82, 2.24) is 5.32 Å². The fourth-order valence-electron chi connectivity index (χ4n) is 2.12. The molecule has 8 heteroatoms. The largest absolute Gasteiger partial charge is 0.508 e. The van der Waals surface area contributed by atoms with E-state index in [0.717, 1.165) is 0 Å². The van der Waals surface area contributed by atoms with E-state index >= 15 is 0 Å². The lowest BCUT2D eigenvalue weighted by atomic mass is 9.78. The number of aromatic hydroxyl groups is 1. The fraction of sp³-hybridized carbons (Fsp3) is 0.462. The lowest BCUT2D eigenvalue weighted by molar-refractivity contribution is 0.0498. The number of alkyl carbamates (subject to hydrolysis) is 1. The first-order chi connectivity index (χ1) is 9.69. The molecule has 114 valence electrons. The Labute approximate surface area is 128 Å². The molecule has 1 aromatic rings. The molecule has 0 bridgehead atoms. The average Bonchev–Trinajstić information content (AvgIpc) is 2.68. The van der Waals surface area contributed by atoms with Gasteiger partial charge in [0.1, 0.15) is 11.4 Å². The second kappa shape index (κ2) is 5.75. The third-order valence-corrected chi connectivity index (χ3v) is 3.23. The second-order valence-corrected chi connectivity index (χ2v) is 6.16. The molecule has 1 heterocycles. The third-order valence-electron chi connectivity index (χ3n) is 2.90. The summed E-state index contributed by atoms with van der Waals surface area (Å²) in [5.41, 5.74) is 0.104. The number of hydrogen-bond donors (Lipinski definition) is 3. The Morgan fingerprint density at radius 3 is 2.81 bits per heavy atom. The van der Waals surface area contributed by atoms with Crippen LogP contribution in [0.4, 0.5) is 4.79 Å². The number of halogens is 1. The second-order valence-electron chi connectivity index (χ2n) is 5.75. The number of fused-ring (bicyclic) bond motifs is 1. The normalized spacial score (nSPS) is 17.6. The van der Waals surface area contributed by atoms with E-state index in [9.17, 15) is 14.9 Å². The van der Waals surface area contributed by atoms with Gasteiger partial charge in [0.05, 0.1) is 6.10 Å². The van der Waals surface area contributed by atoms with Gasteiger partial charge in [0, 0.05) is 22.6 Å². The van der Waals surface area contributed by atoms with Crippen LogP contribution in [0.5, 0.6) is 5.75 Å². The number of phenolic OH excluding ortho intramolecular Hbond substituents is 1. The maximum Gasteiger partial charge on any atom is 0.495 e. The number of hydrogen-bond acceptors (Lipinski definition) is 5. The smallest absolute Gasteiger partial charge is 0.495 e. The number of rotatable bonds is 2. The minimum atomic E-state index is -1.27. The van der Waals surface area contributed by atoms with E-state index in [1.54, 1.807) is 20.8 Å². The molecular weight excluding hydrogens is 296 g/mol. The minimum Gasteiger partial charge on any atom is -0.508 e. The van der Waals surface area contributed by atoms with Crippen LogP contribution in [0.15, 0.2) is 12.1 Å². The summed E-state index contributed by atoms with van der Waals surface area (Å²) < 4.78 is 10.4. The number of nitrogens with one attached hydrogen (secondary N) is 1. The van der Waals surface area contributed by atoms with E-state index in [4.69, 9.17) is 21.0 Å². The molecule has 1 atom stereocenters. The highest BCUT2D eigenvalue weighted by molar-refractivity contribution is 6.63. The maximum atomic E-state index is 11.6. The summed E-state index contributed by atoms with van der Waals surface area (Å²) in [5.74, 6) is -0.0957. The summed E-state index contributed by atoms with van der Waals surface area (Å²) >= 11 is 6.08. The van der Waals surface area contributed by atoms with Crippen molar-refractivity contribution in [2.45, 2.75) is 32.5 Å². The van der Waals surface area contributed by atoms with Gasteiger partial charge in [-0.05, 0) is 32.9 Å². The summed E-state index contributed by atoms with van der Waals surface area (Å²) in [6.07, 6.45) is -1.24. The number of amides is 1. The molecule has 0 saturated carbocycles. The number of carbonyl (C=O) groups excluding carboxylic acids is 1. The van der Waals surface area contributed by atoms with Crippen LogP contribution in [0.25, 0.3) is 0 Å². The van der Waals surface area contributed by atoms with Crippen molar-refractivity contribution in [3.63, 3.8) is 0 Å². The molecule has 1 aliphatic heterocycles. The zero-order valence-electron chi connectivity index (χ0n) is 12.0. The molecule has 0 aliphatic carbocycles. The van der Waals surface area contributed by atoms with Gasteiger partial charge in [-0.1, -0.05) is 11.6 Å². The molecule has 21 heavy (non-hydrogen) atoms. The Morgan fingerprint density at radius 2 is 2.19 bits per heavy atom. The molecule has 1 aromatic carbocycles. The van der Waals surface area contributed by atoms with Gasteiger partial charge in [-0.25, -0.2) is 4.79 Å². The molecule has 3 N–H and O–H groups in total. The Morgan fingerprint density at radius 1 is 1.52 bits per heavy atom. The average molecular weight is 314 g/mol. The summed E-state index contributed by atoms with van der Waals surface area (Å²) in [4.78, 5) is 11.6. The van der Waals surface area contributed by atoms with Crippen LogP contribution in [0.1, 0.15) is 32.4 Å². The number of phenols is 1. The molecule has 0 fully saturated rings. The molecule has 0 saturated heterocycles. The highest BCUT2D eigenvalue weighted by Crippen LogP contribution is 2.32. The van der Waals surface area contributed by atoms with E-state index < -0.39 is 24.9 Å². The Hall–Kier alpha value is -1.44. The van der Waals surface area contributed by atoms with E-state index in [-0.39, 0.29) is 17.8 Å². The first-order valence-corrected chi connectivity index (χ1v) is 6.88. The van der Waals surface area contributed by atoms with Crippen molar-refractivity contribution >= 4 is 30.3 Å². The maximum absolute atomic E-state index is 11.6. The van der Waals surface area contributed by atoms with Crippen molar-refractivity contribution in [3.8, 4) is 5.75 Å². The standard InChI is InChI=1S/C13H17BClNO5/c1-13(2,3)20-12(18)16-6-9-10-7(15)4-5-8(17)11(10)14(19)21-9/h4-5,9,17,19H,6H2,1-3H3,(H,16,18). The van der Waals surface area contributed by atoms with Gasteiger partial charge >= 0.3 is 13.2 Å². The van der Waals surface area contributed by atoms with Crippen LogP contribution in [0, 0.1) is 0 Å². The van der Waals surface area contributed by atoms with Gasteiger partial charge in [0.2, 0.25) is 0 Å². The van der Waals surface area contributed by atoms with E-state index in [1.165, 1.54) is 12.1 Å². The van der Waals surface area contributed by atoms with Crippen LogP contribution in [-0.2, 0) is 9.39 Å². The third kappa shape index (κ3) is 3.61. The van der Waals surface area contributed by atoms with Gasteiger partial charge in [0.15, 0.2) is 0 Å². The van der Waals surface area contributed by atoms with Crippen molar-refractivity contribution in [2.24, 2.45) is 0 Å². The Kier molecular flexibility index (Phi) is 4.36. The van der Waals surface area contributed by atoms with Crippen molar-refractivity contribution in [1.29, 1.82) is 0 Å². The van der Waals surface area contributed by atoms with Crippen molar-refractivity contribution < 1.29 is 24.3 Å². The summed E-state index contributed by atoms with van der Waals surface area (Å²) in [7, 11) is -1.27. The predicted octanol–water partition coefficient (Wildman–Crippen LogP) is 1.33. The molecule has 1 unspecified atom stereocenters. The van der Waals surface area contributed by atoms with Crippen LogP contribution in [-0.4, -0.2) is 35.5 Å². The highest BCUT2D eigenvalue weighted by atomic mass is 35.5. The van der Waals surface area contributed by atoms with Crippen LogP contribution >= 0.6 is 11.6 Å². The van der Waals surface area contributed by atoms with Gasteiger partial charge in [0.25, 0.3) is 0 Å². The molecule has 0 spiro atoms. The monoisotopic (exact) mass is 313 g/mol. The van der Waals surface area contributed by atoms with E-state index in [2.05, 4.69) is 5.32 Å². The van der Waals surface area contributed by atoms with Crippen molar-refractivity contribution in [2.75, 3.05) is 6.54 Å². The summed E-state index contributed by atoms with van der Waals surface area (Å²) in [5, 5.41) is 22.5. The Bertz CT molecular complexity index is 560. The molecule has 0 radical (unpaired) electrons. The van der Waals surface area contributed by atoms with Crippen molar-refractivity contribution in [3.05, 3.63) is 22.7 Å². The lowest BCUT2D eigenvalue weighted by Gasteiger charge is -2.21. The molecular formula is C13H17BClNO5. The number of ether oxygens (including phenoxy) is 1. The first kappa shape index (κ1) is 15.9. The van der Waals surface area contributed by atoms with E-state index in [1.807, 2.05) is 0 Å². The first-order valence-electron chi connectivity index (χ1n) is 6.50. The quantitative estimate of drug-likeness (QED) is 0.717. The zero-order chi connectivity index (χ0) is 15.8. The van der Waals surface area contributed by atoms with Gasteiger partial charge < -0.3 is 24.8 Å². The van der Waals surface area contributed by atoms with Crippen LogP contribution in [0.2, 0.25) is 5.02 Å². The van der Waals surface area contributed by atoms with E-state index in [0.29, 0.717) is 10.6 Å². The molecule has 6 nitrogen and oxygen atoms in total. The number of benzene rings is 1. The molecule has 1 amide bonds. The van der Waals surface area contributed by atoms with Gasteiger partial charge in [-0.15, -0.1) is 0 Å². The zero-order valence-corrected chi connectivity index (χ0v) is 12.8. The molecule has 0 aromatic heterocycles. The SMILES string of the molecule is CC(C)(C)OC(=O)NCC1OB(O)c2c(O)ccc(Cl)c21. The topological polar surface area (TPSA) is 88.0 Å². The van der Waals surface area contributed by atoms with Crippen LogP contribution in [0.3, 0.4) is 0 Å². The minimum absolute atomic E-state index is 0.0716. The number of carbonyl (C=O) groups is 1. The van der Waals surface area contributed by atoms with Gasteiger partial charge in [-0.2, -0.15) is 0 Å². The Balaban J connectivity index is 2.09. The molecule has 1 aliphatic rings. The summed E-state index contributed by atoms with van der Waals surface area (Å²) in [6.45, 7) is 5.34. The fourth-order valence-corrected chi connectivity index (χ4v) is 2.40. The predicted molar refractivity (Wildman–Crippen MR) is 78.8 cm³/mol. The highest BCUT2D eigenvalue weighted by Gasteiger charge is 2.39. The summed E-state index contributed by atoms with van der Waals surface area (Å²) in [6, 6.07) is 2.90. The lowest BCUT2D eigenvalue weighted by Crippen LogP contribution is -2.35.